The second-order valence-corrected chi connectivity index (χ2v) is 14.0. The summed E-state index contributed by atoms with van der Waals surface area (Å²) in [5, 5.41) is 0. The molecule has 2 aromatic rings. The third kappa shape index (κ3) is 9.81. The molecule has 0 spiro atoms. The van der Waals surface area contributed by atoms with Gasteiger partial charge in [0.1, 0.15) is 11.5 Å². The first-order chi connectivity index (χ1) is 17.3. The number of hydrogen-bond donors (Lipinski definition) is 0. The minimum absolute atomic E-state index is 0.586. The molecule has 0 unspecified atom stereocenters. The molecular formula is C36H58O. The molecule has 0 bridgehead atoms. The average Bonchev–Trinajstić information content (AvgIpc) is 2.74. The lowest BCUT2D eigenvalue weighted by atomic mass is 9.85. The summed E-state index contributed by atoms with van der Waals surface area (Å²) >= 11 is 0. The number of ether oxygens (including phenoxy) is 1. The van der Waals surface area contributed by atoms with E-state index >= 15 is 0 Å². The fourth-order valence-corrected chi connectivity index (χ4v) is 5.60. The second kappa shape index (κ2) is 14.4. The Morgan fingerprint density at radius 2 is 0.649 bits per heavy atom. The van der Waals surface area contributed by atoms with Crippen LogP contribution in [0.3, 0.4) is 0 Å². The Hall–Kier alpha value is -1.76. The van der Waals surface area contributed by atoms with E-state index in [4.69, 9.17) is 4.74 Å². The van der Waals surface area contributed by atoms with Crippen molar-refractivity contribution >= 4 is 0 Å². The molecule has 37 heavy (non-hydrogen) atoms. The average molecular weight is 507 g/mol. The van der Waals surface area contributed by atoms with Gasteiger partial charge in [0.15, 0.2) is 0 Å². The Kier molecular flexibility index (Phi) is 12.3. The third-order valence-corrected chi connectivity index (χ3v) is 6.90. The van der Waals surface area contributed by atoms with E-state index < -0.39 is 0 Å². The molecule has 208 valence electrons. The monoisotopic (exact) mass is 506 g/mol. The normalized spacial score (nSPS) is 12.3. The van der Waals surface area contributed by atoms with Crippen LogP contribution >= 0.6 is 0 Å². The Labute approximate surface area is 230 Å². The first-order valence-electron chi connectivity index (χ1n) is 15.2. The highest BCUT2D eigenvalue weighted by Gasteiger charge is 2.22. The molecule has 0 heterocycles. The van der Waals surface area contributed by atoms with Gasteiger partial charge in [-0.3, -0.25) is 0 Å². The largest absolute Gasteiger partial charge is 0.457 e. The first kappa shape index (κ1) is 31.5. The van der Waals surface area contributed by atoms with E-state index in [-0.39, 0.29) is 0 Å². The van der Waals surface area contributed by atoms with Crippen LogP contribution < -0.4 is 4.74 Å². The van der Waals surface area contributed by atoms with Gasteiger partial charge in [-0.2, -0.15) is 0 Å². The van der Waals surface area contributed by atoms with Gasteiger partial charge < -0.3 is 4.74 Å². The van der Waals surface area contributed by atoms with Crippen LogP contribution in [0.5, 0.6) is 11.5 Å². The molecule has 0 aliphatic rings. The van der Waals surface area contributed by atoms with Crippen molar-refractivity contribution in [2.24, 2.45) is 35.5 Å². The maximum absolute atomic E-state index is 7.01. The summed E-state index contributed by atoms with van der Waals surface area (Å²) in [6.07, 6.45) is 6.63. The van der Waals surface area contributed by atoms with Gasteiger partial charge in [0.25, 0.3) is 0 Å². The van der Waals surface area contributed by atoms with Gasteiger partial charge in [-0.15, -0.1) is 0 Å². The molecule has 0 aliphatic heterocycles. The Morgan fingerprint density at radius 3 is 0.919 bits per heavy atom. The summed E-state index contributed by atoms with van der Waals surface area (Å²) in [7, 11) is 0. The van der Waals surface area contributed by atoms with Crippen LogP contribution in [0.2, 0.25) is 0 Å². The lowest BCUT2D eigenvalue weighted by Gasteiger charge is -2.25. The molecule has 0 N–H and O–H groups in total. The molecule has 2 rings (SSSR count). The highest BCUT2D eigenvalue weighted by molar-refractivity contribution is 5.52. The smallest absolute Gasteiger partial charge is 0.130 e. The minimum Gasteiger partial charge on any atom is -0.457 e. The van der Waals surface area contributed by atoms with Crippen LogP contribution in [0, 0.1) is 35.5 Å². The molecule has 2 aromatic carbocycles. The van der Waals surface area contributed by atoms with E-state index in [0.717, 1.165) is 50.0 Å². The number of hydrogen-bond acceptors (Lipinski definition) is 1. The van der Waals surface area contributed by atoms with E-state index in [0.29, 0.717) is 35.5 Å². The molecule has 1 nitrogen and oxygen atoms in total. The Bertz CT molecular complexity index is 895. The van der Waals surface area contributed by atoms with Gasteiger partial charge in [0.05, 0.1) is 0 Å². The van der Waals surface area contributed by atoms with Crippen LogP contribution in [0.25, 0.3) is 0 Å². The Morgan fingerprint density at radius 1 is 0.378 bits per heavy atom. The summed E-state index contributed by atoms with van der Waals surface area (Å²) in [4.78, 5) is 0. The lowest BCUT2D eigenvalue weighted by Crippen LogP contribution is -2.12. The Balaban J connectivity index is 2.73. The van der Waals surface area contributed by atoms with Crippen LogP contribution in [0.1, 0.15) is 116 Å². The van der Waals surface area contributed by atoms with Crippen molar-refractivity contribution in [1.29, 1.82) is 0 Å². The quantitative estimate of drug-likeness (QED) is 0.247. The van der Waals surface area contributed by atoms with Crippen molar-refractivity contribution in [2.75, 3.05) is 0 Å². The van der Waals surface area contributed by atoms with E-state index in [2.05, 4.69) is 107 Å². The molecule has 0 amide bonds. The van der Waals surface area contributed by atoms with Crippen LogP contribution in [0.4, 0.5) is 0 Å². The van der Waals surface area contributed by atoms with Crippen molar-refractivity contribution in [3.63, 3.8) is 0 Å². The summed E-state index contributed by atoms with van der Waals surface area (Å²) in [5.74, 6) is 5.87. The zero-order valence-electron chi connectivity index (χ0n) is 26.4. The highest BCUT2D eigenvalue weighted by atomic mass is 16.5. The van der Waals surface area contributed by atoms with Gasteiger partial charge in [-0.05, 0) is 120 Å². The van der Waals surface area contributed by atoms with Crippen LogP contribution in [-0.4, -0.2) is 0 Å². The molecule has 0 fully saturated rings. The van der Waals surface area contributed by atoms with Crippen molar-refractivity contribution in [3.8, 4) is 11.5 Å². The van der Waals surface area contributed by atoms with Crippen molar-refractivity contribution < 1.29 is 4.74 Å². The summed E-state index contributed by atoms with van der Waals surface area (Å²) in [5.41, 5.74) is 8.99. The van der Waals surface area contributed by atoms with Crippen molar-refractivity contribution in [3.05, 3.63) is 57.6 Å². The second-order valence-electron chi connectivity index (χ2n) is 14.0. The topological polar surface area (TPSA) is 9.23 Å². The van der Waals surface area contributed by atoms with Gasteiger partial charge >= 0.3 is 0 Å². The third-order valence-electron chi connectivity index (χ3n) is 6.90. The van der Waals surface area contributed by atoms with Crippen molar-refractivity contribution in [2.45, 2.75) is 122 Å². The minimum atomic E-state index is 0.586. The predicted molar refractivity (Wildman–Crippen MR) is 164 cm³/mol. The van der Waals surface area contributed by atoms with Gasteiger partial charge in [0.2, 0.25) is 0 Å². The summed E-state index contributed by atoms with van der Waals surface area (Å²) in [6.45, 7) is 28.1. The van der Waals surface area contributed by atoms with E-state index in [1.54, 1.807) is 11.1 Å². The van der Waals surface area contributed by atoms with Gasteiger partial charge in [-0.1, -0.05) is 95.2 Å². The fraction of sp³-hybridized carbons (Fsp3) is 0.667. The molecule has 1 heteroatoms. The van der Waals surface area contributed by atoms with Gasteiger partial charge in [-0.25, -0.2) is 0 Å². The predicted octanol–water partition coefficient (Wildman–Crippen LogP) is 10.7. The standard InChI is InChI=1S/C36H58O/c1-23(2)17-29-13-15-35(33(21-27(9)10)31(29)19-25(5)6)37-36-16-14-30(18-24(3)4)32(20-26(7)8)34(36)22-28(11)12/h13-16,23-28H,17-22H2,1-12H3. The van der Waals surface area contributed by atoms with E-state index in [1.165, 1.54) is 22.3 Å². The molecule has 0 radical (unpaired) electrons. The van der Waals surface area contributed by atoms with Gasteiger partial charge in [0, 0.05) is 0 Å². The maximum Gasteiger partial charge on any atom is 0.130 e. The van der Waals surface area contributed by atoms with E-state index in [1.807, 2.05) is 0 Å². The zero-order valence-corrected chi connectivity index (χ0v) is 26.4. The van der Waals surface area contributed by atoms with Crippen LogP contribution in [-0.2, 0) is 38.5 Å². The highest BCUT2D eigenvalue weighted by Crippen LogP contribution is 2.38. The molecule has 0 aliphatic carbocycles. The zero-order chi connectivity index (χ0) is 27.9. The van der Waals surface area contributed by atoms with Crippen molar-refractivity contribution in [1.82, 2.24) is 0 Å². The SMILES string of the molecule is CC(C)Cc1ccc(Oc2ccc(CC(C)C)c(CC(C)C)c2CC(C)C)c(CC(C)C)c1CC(C)C. The first-order valence-corrected chi connectivity index (χ1v) is 15.2. The summed E-state index contributed by atoms with van der Waals surface area (Å²) < 4.78 is 7.01. The molecule has 0 saturated carbocycles. The number of rotatable bonds is 14. The van der Waals surface area contributed by atoms with E-state index in [9.17, 15) is 0 Å². The molecule has 0 aromatic heterocycles. The van der Waals surface area contributed by atoms with Crippen LogP contribution in [0.15, 0.2) is 24.3 Å². The summed E-state index contributed by atoms with van der Waals surface area (Å²) in [6, 6.07) is 9.29. The number of benzene rings is 2. The molecule has 0 saturated heterocycles. The lowest BCUT2D eigenvalue weighted by molar-refractivity contribution is 0.454. The molecule has 0 atom stereocenters. The fourth-order valence-electron chi connectivity index (χ4n) is 5.60. The maximum atomic E-state index is 7.01. The molecular weight excluding hydrogens is 448 g/mol.